The maximum absolute atomic E-state index is 5.35. The molecule has 0 aliphatic rings. The van der Waals surface area contributed by atoms with Crippen molar-refractivity contribution in [3.63, 3.8) is 0 Å². The highest BCUT2D eigenvalue weighted by molar-refractivity contribution is 4.97. The zero-order chi connectivity index (χ0) is 15.0. The molecule has 0 fully saturated rings. The zero-order valence-corrected chi connectivity index (χ0v) is 13.9. The van der Waals surface area contributed by atoms with E-state index < -0.39 is 0 Å². The van der Waals surface area contributed by atoms with Gasteiger partial charge in [0.1, 0.15) is 5.76 Å². The molecule has 1 N–H and O–H groups in total. The molecule has 1 aromatic rings. The summed E-state index contributed by atoms with van der Waals surface area (Å²) in [4.78, 5) is 2.67. The molecule has 0 saturated heterocycles. The first-order valence-corrected chi connectivity index (χ1v) is 8.07. The maximum atomic E-state index is 5.35. The van der Waals surface area contributed by atoms with Gasteiger partial charge in [-0.15, -0.1) is 0 Å². The Morgan fingerprint density at radius 1 is 1.20 bits per heavy atom. The van der Waals surface area contributed by atoms with E-state index in [-0.39, 0.29) is 0 Å². The predicted octanol–water partition coefficient (Wildman–Crippen LogP) is 3.90. The van der Waals surface area contributed by atoms with Gasteiger partial charge in [0.25, 0.3) is 0 Å². The summed E-state index contributed by atoms with van der Waals surface area (Å²) in [5.41, 5.74) is 0. The van der Waals surface area contributed by atoms with Crippen molar-refractivity contribution in [3.05, 3.63) is 24.2 Å². The lowest BCUT2D eigenvalue weighted by molar-refractivity contribution is 0.116. The molecule has 20 heavy (non-hydrogen) atoms. The van der Waals surface area contributed by atoms with E-state index in [4.69, 9.17) is 4.42 Å². The fourth-order valence-electron chi connectivity index (χ4n) is 2.80. The SMILES string of the molecule is CCC(CC)N(CC(C)C)C(C)CNCc1ccco1. The van der Waals surface area contributed by atoms with E-state index in [0.717, 1.165) is 18.8 Å². The van der Waals surface area contributed by atoms with Gasteiger partial charge in [-0.05, 0) is 37.8 Å². The standard InChI is InChI=1S/C17H32N2O/c1-6-16(7-2)19(13-14(3)4)15(5)11-18-12-17-9-8-10-20-17/h8-10,14-16,18H,6-7,11-13H2,1-5H3. The Kier molecular flexibility index (Phi) is 7.93. The van der Waals surface area contributed by atoms with Crippen molar-refractivity contribution in [2.45, 2.75) is 66.1 Å². The molecule has 0 saturated carbocycles. The lowest BCUT2D eigenvalue weighted by Crippen LogP contribution is -2.47. The van der Waals surface area contributed by atoms with Gasteiger partial charge >= 0.3 is 0 Å². The van der Waals surface area contributed by atoms with Crippen LogP contribution in [0.2, 0.25) is 0 Å². The molecule has 0 amide bonds. The second-order valence-electron chi connectivity index (χ2n) is 6.12. The van der Waals surface area contributed by atoms with Gasteiger partial charge in [0.05, 0.1) is 12.8 Å². The molecule has 3 nitrogen and oxygen atoms in total. The molecule has 1 unspecified atom stereocenters. The number of rotatable bonds is 10. The van der Waals surface area contributed by atoms with Crippen molar-refractivity contribution in [1.82, 2.24) is 10.2 Å². The third-order valence-electron chi connectivity index (χ3n) is 3.87. The van der Waals surface area contributed by atoms with E-state index in [0.29, 0.717) is 18.0 Å². The van der Waals surface area contributed by atoms with Gasteiger partial charge in [-0.2, -0.15) is 0 Å². The molecule has 116 valence electrons. The van der Waals surface area contributed by atoms with Crippen molar-refractivity contribution in [1.29, 1.82) is 0 Å². The number of furan rings is 1. The Labute approximate surface area is 124 Å². The number of hydrogen-bond acceptors (Lipinski definition) is 3. The van der Waals surface area contributed by atoms with Crippen LogP contribution in [0.4, 0.5) is 0 Å². The Bertz CT molecular complexity index is 331. The number of nitrogens with one attached hydrogen (secondary N) is 1. The maximum Gasteiger partial charge on any atom is 0.117 e. The van der Waals surface area contributed by atoms with Gasteiger partial charge < -0.3 is 9.73 Å². The smallest absolute Gasteiger partial charge is 0.117 e. The van der Waals surface area contributed by atoms with Crippen LogP contribution in [0.1, 0.15) is 53.2 Å². The molecule has 1 aromatic heterocycles. The van der Waals surface area contributed by atoms with Gasteiger partial charge in [0, 0.05) is 25.2 Å². The molecule has 0 aliphatic heterocycles. The van der Waals surface area contributed by atoms with E-state index in [1.165, 1.54) is 19.4 Å². The minimum absolute atomic E-state index is 0.553. The monoisotopic (exact) mass is 280 g/mol. The highest BCUT2D eigenvalue weighted by Gasteiger charge is 2.21. The highest BCUT2D eigenvalue weighted by Crippen LogP contribution is 2.15. The van der Waals surface area contributed by atoms with Crippen molar-refractivity contribution in [2.24, 2.45) is 5.92 Å². The van der Waals surface area contributed by atoms with E-state index in [2.05, 4.69) is 44.8 Å². The molecule has 1 rings (SSSR count). The van der Waals surface area contributed by atoms with Crippen LogP contribution in [0.3, 0.4) is 0 Å². The predicted molar refractivity (Wildman–Crippen MR) is 85.8 cm³/mol. The average Bonchev–Trinajstić information content (AvgIpc) is 2.91. The lowest BCUT2D eigenvalue weighted by Gasteiger charge is -2.37. The molecule has 0 aromatic carbocycles. The van der Waals surface area contributed by atoms with Crippen LogP contribution in [-0.2, 0) is 6.54 Å². The second-order valence-corrected chi connectivity index (χ2v) is 6.12. The van der Waals surface area contributed by atoms with Gasteiger partial charge in [0.15, 0.2) is 0 Å². The van der Waals surface area contributed by atoms with Crippen LogP contribution in [0.25, 0.3) is 0 Å². The molecule has 1 heterocycles. The number of nitrogens with zero attached hydrogens (tertiary/aromatic N) is 1. The van der Waals surface area contributed by atoms with Crippen LogP contribution in [0.5, 0.6) is 0 Å². The van der Waals surface area contributed by atoms with Gasteiger partial charge in [-0.1, -0.05) is 27.7 Å². The number of hydrogen-bond donors (Lipinski definition) is 1. The van der Waals surface area contributed by atoms with E-state index >= 15 is 0 Å². The normalized spacial score (nSPS) is 13.6. The van der Waals surface area contributed by atoms with Crippen LogP contribution in [-0.4, -0.2) is 30.1 Å². The van der Waals surface area contributed by atoms with Crippen molar-refractivity contribution in [2.75, 3.05) is 13.1 Å². The van der Waals surface area contributed by atoms with E-state index in [9.17, 15) is 0 Å². The molecule has 0 aliphatic carbocycles. The minimum atomic E-state index is 0.553. The summed E-state index contributed by atoms with van der Waals surface area (Å²) < 4.78 is 5.35. The van der Waals surface area contributed by atoms with Crippen LogP contribution < -0.4 is 5.32 Å². The lowest BCUT2D eigenvalue weighted by atomic mass is 10.0. The highest BCUT2D eigenvalue weighted by atomic mass is 16.3. The largest absolute Gasteiger partial charge is 0.468 e. The quantitative estimate of drug-likeness (QED) is 0.704. The second kappa shape index (κ2) is 9.19. The van der Waals surface area contributed by atoms with E-state index in [1.54, 1.807) is 6.26 Å². The van der Waals surface area contributed by atoms with Gasteiger partial charge in [-0.25, -0.2) is 0 Å². The zero-order valence-electron chi connectivity index (χ0n) is 13.9. The Balaban J connectivity index is 2.46. The van der Waals surface area contributed by atoms with Crippen LogP contribution in [0, 0.1) is 5.92 Å². The topological polar surface area (TPSA) is 28.4 Å². The molecule has 1 atom stereocenters. The summed E-state index contributed by atoms with van der Waals surface area (Å²) in [6, 6.07) is 5.20. The first-order chi connectivity index (χ1) is 9.58. The molecule has 0 bridgehead atoms. The fraction of sp³-hybridized carbons (Fsp3) is 0.765. The average molecular weight is 280 g/mol. The van der Waals surface area contributed by atoms with Gasteiger partial charge in [0.2, 0.25) is 0 Å². The summed E-state index contributed by atoms with van der Waals surface area (Å²) >= 11 is 0. The Hall–Kier alpha value is -0.800. The molecule has 0 radical (unpaired) electrons. The van der Waals surface area contributed by atoms with Crippen molar-refractivity contribution in [3.8, 4) is 0 Å². The Morgan fingerprint density at radius 2 is 1.90 bits per heavy atom. The third-order valence-corrected chi connectivity index (χ3v) is 3.87. The fourth-order valence-corrected chi connectivity index (χ4v) is 2.80. The molecule has 0 spiro atoms. The summed E-state index contributed by atoms with van der Waals surface area (Å²) in [6.45, 7) is 14.5. The Morgan fingerprint density at radius 3 is 2.40 bits per heavy atom. The minimum Gasteiger partial charge on any atom is -0.468 e. The van der Waals surface area contributed by atoms with Crippen LogP contribution >= 0.6 is 0 Å². The van der Waals surface area contributed by atoms with Crippen molar-refractivity contribution >= 4 is 0 Å². The van der Waals surface area contributed by atoms with Crippen LogP contribution in [0.15, 0.2) is 22.8 Å². The molecular weight excluding hydrogens is 248 g/mol. The summed E-state index contributed by atoms with van der Waals surface area (Å²) in [5.74, 6) is 1.72. The van der Waals surface area contributed by atoms with E-state index in [1.807, 2.05) is 12.1 Å². The summed E-state index contributed by atoms with van der Waals surface area (Å²) in [7, 11) is 0. The van der Waals surface area contributed by atoms with Crippen molar-refractivity contribution < 1.29 is 4.42 Å². The first-order valence-electron chi connectivity index (χ1n) is 8.07. The molecular formula is C17H32N2O. The summed E-state index contributed by atoms with van der Waals surface area (Å²) in [5, 5.41) is 3.51. The molecule has 3 heteroatoms. The first kappa shape index (κ1) is 17.3. The summed E-state index contributed by atoms with van der Waals surface area (Å²) in [6.07, 6.45) is 4.19. The van der Waals surface area contributed by atoms with Gasteiger partial charge in [-0.3, -0.25) is 4.90 Å². The third kappa shape index (κ3) is 5.68.